The highest BCUT2D eigenvalue weighted by Crippen LogP contribution is 2.40. The van der Waals surface area contributed by atoms with Gasteiger partial charge in [0.05, 0.1) is 13.2 Å². The number of rotatable bonds is 2. The van der Waals surface area contributed by atoms with Crippen LogP contribution in [0.25, 0.3) is 0 Å². The van der Waals surface area contributed by atoms with Crippen molar-refractivity contribution in [3.63, 3.8) is 0 Å². The fourth-order valence-corrected chi connectivity index (χ4v) is 3.57. The molecule has 122 valence electrons. The lowest BCUT2D eigenvalue weighted by Crippen LogP contribution is -2.44. The average Bonchev–Trinajstić information content (AvgIpc) is 2.90. The fraction of sp³-hybridized carbons (Fsp3) is 0.562. The van der Waals surface area contributed by atoms with Gasteiger partial charge in [0.2, 0.25) is 5.91 Å². The standard InChI is InChI=1S/C16H21ClN2O2.ClH/c17-12-3-1-11(2-4-12)14-9-13(18)10-15(14)16(20)19-5-7-21-8-6-19;/h1-4,13-15H,5-10,18H2;1H/t13-,14+,15-;/m1./s1. The van der Waals surface area contributed by atoms with Gasteiger partial charge in [-0.15, -0.1) is 12.4 Å². The molecule has 0 unspecified atom stereocenters. The molecule has 1 aromatic rings. The predicted octanol–water partition coefficient (Wildman–Crippen LogP) is 2.44. The van der Waals surface area contributed by atoms with Gasteiger partial charge in [-0.1, -0.05) is 23.7 Å². The second-order valence-electron chi connectivity index (χ2n) is 5.93. The molecule has 0 bridgehead atoms. The largest absolute Gasteiger partial charge is 0.378 e. The SMILES string of the molecule is Cl.N[C@H]1C[C@@H](C(=O)N2CCOCC2)[C@H](c2ccc(Cl)cc2)C1. The Bertz CT molecular complexity index is 503. The van der Waals surface area contributed by atoms with E-state index in [1.54, 1.807) is 0 Å². The van der Waals surface area contributed by atoms with Crippen molar-refractivity contribution in [2.45, 2.75) is 24.8 Å². The zero-order valence-electron chi connectivity index (χ0n) is 12.4. The first kappa shape index (κ1) is 17.5. The summed E-state index contributed by atoms with van der Waals surface area (Å²) in [5, 5.41) is 0.720. The van der Waals surface area contributed by atoms with Gasteiger partial charge >= 0.3 is 0 Å². The van der Waals surface area contributed by atoms with E-state index in [-0.39, 0.29) is 36.2 Å². The molecule has 2 N–H and O–H groups in total. The van der Waals surface area contributed by atoms with E-state index in [1.807, 2.05) is 29.2 Å². The van der Waals surface area contributed by atoms with Crippen molar-refractivity contribution in [1.82, 2.24) is 4.90 Å². The molecule has 1 aliphatic carbocycles. The Labute approximate surface area is 142 Å². The molecule has 4 nitrogen and oxygen atoms in total. The monoisotopic (exact) mass is 344 g/mol. The summed E-state index contributed by atoms with van der Waals surface area (Å²) >= 11 is 5.95. The first-order valence-corrected chi connectivity index (χ1v) is 7.90. The first-order valence-electron chi connectivity index (χ1n) is 7.52. The molecular weight excluding hydrogens is 323 g/mol. The summed E-state index contributed by atoms with van der Waals surface area (Å²) in [4.78, 5) is 14.7. The zero-order valence-corrected chi connectivity index (χ0v) is 14.0. The van der Waals surface area contributed by atoms with Crippen molar-refractivity contribution in [3.8, 4) is 0 Å². The highest BCUT2D eigenvalue weighted by Gasteiger charge is 2.40. The van der Waals surface area contributed by atoms with Crippen molar-refractivity contribution < 1.29 is 9.53 Å². The number of halogens is 2. The van der Waals surface area contributed by atoms with E-state index in [1.165, 1.54) is 5.56 Å². The van der Waals surface area contributed by atoms with Gasteiger partial charge < -0.3 is 15.4 Å². The van der Waals surface area contributed by atoms with Crippen LogP contribution < -0.4 is 5.73 Å². The molecule has 2 aliphatic rings. The summed E-state index contributed by atoms with van der Waals surface area (Å²) in [7, 11) is 0. The lowest BCUT2D eigenvalue weighted by Gasteiger charge is -2.31. The Morgan fingerprint density at radius 3 is 2.45 bits per heavy atom. The van der Waals surface area contributed by atoms with Gasteiger partial charge in [0.25, 0.3) is 0 Å². The quantitative estimate of drug-likeness (QED) is 0.896. The molecule has 1 saturated carbocycles. The normalized spacial score (nSPS) is 28.3. The van der Waals surface area contributed by atoms with Crippen molar-refractivity contribution >= 4 is 29.9 Å². The van der Waals surface area contributed by atoms with E-state index >= 15 is 0 Å². The van der Waals surface area contributed by atoms with Crippen molar-refractivity contribution in [1.29, 1.82) is 0 Å². The molecular formula is C16H22Cl2N2O2. The highest BCUT2D eigenvalue weighted by atomic mass is 35.5. The number of hydrogen-bond donors (Lipinski definition) is 1. The average molecular weight is 345 g/mol. The van der Waals surface area contributed by atoms with Crippen LogP contribution in [0.1, 0.15) is 24.3 Å². The van der Waals surface area contributed by atoms with Gasteiger partial charge in [0, 0.05) is 30.1 Å². The van der Waals surface area contributed by atoms with Gasteiger partial charge in [-0.3, -0.25) is 4.79 Å². The molecule has 0 radical (unpaired) electrons. The molecule has 1 aliphatic heterocycles. The summed E-state index contributed by atoms with van der Waals surface area (Å²) in [6, 6.07) is 7.91. The van der Waals surface area contributed by atoms with Crippen LogP contribution in [-0.2, 0) is 9.53 Å². The zero-order chi connectivity index (χ0) is 14.8. The number of nitrogens with zero attached hydrogens (tertiary/aromatic N) is 1. The molecule has 1 saturated heterocycles. The van der Waals surface area contributed by atoms with E-state index < -0.39 is 0 Å². The molecule has 3 atom stereocenters. The van der Waals surface area contributed by atoms with Gasteiger partial charge in [0.1, 0.15) is 0 Å². The maximum atomic E-state index is 12.8. The Hall–Kier alpha value is -0.810. The van der Waals surface area contributed by atoms with Crippen LogP contribution in [0.3, 0.4) is 0 Å². The Morgan fingerprint density at radius 2 is 1.82 bits per heavy atom. The lowest BCUT2D eigenvalue weighted by molar-refractivity contribution is -0.140. The Kier molecular flexibility index (Phi) is 6.09. The summed E-state index contributed by atoms with van der Waals surface area (Å²) in [6.07, 6.45) is 1.63. The smallest absolute Gasteiger partial charge is 0.226 e. The number of carbonyl (C=O) groups is 1. The predicted molar refractivity (Wildman–Crippen MR) is 89.5 cm³/mol. The van der Waals surface area contributed by atoms with E-state index in [0.29, 0.717) is 26.3 Å². The van der Waals surface area contributed by atoms with Crippen LogP contribution in [0.4, 0.5) is 0 Å². The summed E-state index contributed by atoms with van der Waals surface area (Å²) in [5.74, 6) is 0.415. The van der Waals surface area contributed by atoms with Crippen molar-refractivity contribution in [3.05, 3.63) is 34.9 Å². The minimum atomic E-state index is -0.0146. The number of ether oxygens (including phenoxy) is 1. The van der Waals surface area contributed by atoms with Gasteiger partial charge in [-0.05, 0) is 36.5 Å². The van der Waals surface area contributed by atoms with Crippen LogP contribution in [-0.4, -0.2) is 43.2 Å². The third-order valence-electron chi connectivity index (χ3n) is 4.54. The van der Waals surface area contributed by atoms with Crippen LogP contribution in [0.15, 0.2) is 24.3 Å². The molecule has 0 aromatic heterocycles. The second kappa shape index (κ2) is 7.64. The minimum absolute atomic E-state index is 0. The molecule has 6 heteroatoms. The number of nitrogens with two attached hydrogens (primary N) is 1. The highest BCUT2D eigenvalue weighted by molar-refractivity contribution is 6.30. The number of benzene rings is 1. The minimum Gasteiger partial charge on any atom is -0.378 e. The summed E-state index contributed by atoms with van der Waals surface area (Å²) < 4.78 is 5.33. The molecule has 1 aromatic carbocycles. The summed E-state index contributed by atoms with van der Waals surface area (Å²) in [6.45, 7) is 2.65. The van der Waals surface area contributed by atoms with E-state index in [0.717, 1.165) is 17.9 Å². The Balaban J connectivity index is 0.00000176. The van der Waals surface area contributed by atoms with Gasteiger partial charge in [-0.25, -0.2) is 0 Å². The van der Waals surface area contributed by atoms with Crippen LogP contribution in [0.2, 0.25) is 5.02 Å². The van der Waals surface area contributed by atoms with Crippen LogP contribution in [0, 0.1) is 5.92 Å². The molecule has 1 amide bonds. The maximum absolute atomic E-state index is 12.8. The molecule has 2 fully saturated rings. The first-order chi connectivity index (χ1) is 10.1. The van der Waals surface area contributed by atoms with E-state index in [9.17, 15) is 4.79 Å². The van der Waals surface area contributed by atoms with E-state index in [4.69, 9.17) is 22.1 Å². The van der Waals surface area contributed by atoms with Crippen molar-refractivity contribution in [2.75, 3.05) is 26.3 Å². The third kappa shape index (κ3) is 3.74. The van der Waals surface area contributed by atoms with Crippen molar-refractivity contribution in [2.24, 2.45) is 11.7 Å². The fourth-order valence-electron chi connectivity index (χ4n) is 3.45. The molecule has 22 heavy (non-hydrogen) atoms. The number of hydrogen-bond acceptors (Lipinski definition) is 3. The van der Waals surface area contributed by atoms with Gasteiger partial charge in [0.15, 0.2) is 0 Å². The lowest BCUT2D eigenvalue weighted by atomic mass is 9.88. The topological polar surface area (TPSA) is 55.6 Å². The molecule has 0 spiro atoms. The van der Waals surface area contributed by atoms with Gasteiger partial charge in [-0.2, -0.15) is 0 Å². The molecule has 3 rings (SSSR count). The maximum Gasteiger partial charge on any atom is 0.226 e. The molecule has 1 heterocycles. The Morgan fingerprint density at radius 1 is 1.18 bits per heavy atom. The summed E-state index contributed by atoms with van der Waals surface area (Å²) in [5.41, 5.74) is 7.29. The third-order valence-corrected chi connectivity index (χ3v) is 4.79. The number of morpholine rings is 1. The second-order valence-corrected chi connectivity index (χ2v) is 6.37. The van der Waals surface area contributed by atoms with Crippen LogP contribution >= 0.6 is 24.0 Å². The number of amides is 1. The van der Waals surface area contributed by atoms with Crippen LogP contribution in [0.5, 0.6) is 0 Å². The number of carbonyl (C=O) groups excluding carboxylic acids is 1. The van der Waals surface area contributed by atoms with E-state index in [2.05, 4.69) is 0 Å².